The van der Waals surface area contributed by atoms with Gasteiger partial charge in [0.1, 0.15) is 5.82 Å². The summed E-state index contributed by atoms with van der Waals surface area (Å²) in [5.74, 6) is -1.59. The van der Waals surface area contributed by atoms with Gasteiger partial charge < -0.3 is 10.4 Å². The second-order valence-corrected chi connectivity index (χ2v) is 5.28. The van der Waals surface area contributed by atoms with E-state index in [0.29, 0.717) is 11.7 Å². The van der Waals surface area contributed by atoms with Crippen LogP contribution in [0.3, 0.4) is 0 Å². The zero-order chi connectivity index (χ0) is 13.4. The molecule has 19 heavy (non-hydrogen) atoms. The number of rotatable bonds is 3. The van der Waals surface area contributed by atoms with Gasteiger partial charge in [-0.3, -0.25) is 4.90 Å². The molecule has 102 valence electrons. The summed E-state index contributed by atoms with van der Waals surface area (Å²) in [7, 11) is 0. The number of carboxylic acids is 1. The van der Waals surface area contributed by atoms with Crippen LogP contribution in [-0.4, -0.2) is 41.1 Å². The molecule has 2 aliphatic heterocycles. The number of fused-ring (bicyclic) bond motifs is 1. The van der Waals surface area contributed by atoms with E-state index in [1.165, 1.54) is 18.6 Å². The van der Waals surface area contributed by atoms with Crippen LogP contribution in [0.2, 0.25) is 0 Å². The minimum atomic E-state index is -1.10. The lowest BCUT2D eigenvalue weighted by Gasteiger charge is -2.22. The van der Waals surface area contributed by atoms with Gasteiger partial charge in [-0.05, 0) is 44.0 Å². The second kappa shape index (κ2) is 4.81. The third kappa shape index (κ3) is 2.30. The fourth-order valence-corrected chi connectivity index (χ4v) is 3.22. The van der Waals surface area contributed by atoms with Gasteiger partial charge in [0.05, 0.1) is 11.3 Å². The lowest BCUT2D eigenvalue weighted by molar-refractivity contribution is 0.0696. The minimum absolute atomic E-state index is 0.0167. The average molecular weight is 264 g/mol. The number of hydrogen-bond acceptors (Lipinski definition) is 3. The summed E-state index contributed by atoms with van der Waals surface area (Å²) >= 11 is 0. The normalized spacial score (nSPS) is 26.4. The van der Waals surface area contributed by atoms with Crippen LogP contribution in [-0.2, 0) is 0 Å². The van der Waals surface area contributed by atoms with E-state index in [1.807, 2.05) is 0 Å². The van der Waals surface area contributed by atoms with Gasteiger partial charge in [0.2, 0.25) is 0 Å². The van der Waals surface area contributed by atoms with Gasteiger partial charge in [0, 0.05) is 18.6 Å². The van der Waals surface area contributed by atoms with E-state index in [-0.39, 0.29) is 11.6 Å². The first-order valence-corrected chi connectivity index (χ1v) is 6.68. The number of benzene rings is 1. The molecule has 2 saturated heterocycles. The number of nitrogens with zero attached hydrogens (tertiary/aromatic N) is 1. The monoisotopic (exact) mass is 264 g/mol. The Hall–Kier alpha value is -1.62. The van der Waals surface area contributed by atoms with Gasteiger partial charge in [-0.1, -0.05) is 0 Å². The van der Waals surface area contributed by atoms with Gasteiger partial charge in [0.25, 0.3) is 0 Å². The summed E-state index contributed by atoms with van der Waals surface area (Å²) in [5.41, 5.74) is 0.390. The van der Waals surface area contributed by atoms with Crippen molar-refractivity contribution < 1.29 is 14.3 Å². The molecule has 0 amide bonds. The van der Waals surface area contributed by atoms with E-state index >= 15 is 0 Å². The maximum atomic E-state index is 13.9. The van der Waals surface area contributed by atoms with Crippen molar-refractivity contribution in [2.75, 3.05) is 18.4 Å². The molecular weight excluding hydrogens is 247 g/mol. The molecule has 0 spiro atoms. The van der Waals surface area contributed by atoms with Gasteiger partial charge >= 0.3 is 5.97 Å². The Kier molecular flexibility index (Phi) is 3.14. The summed E-state index contributed by atoms with van der Waals surface area (Å²) < 4.78 is 13.9. The molecule has 2 heterocycles. The van der Waals surface area contributed by atoms with Crippen molar-refractivity contribution in [2.24, 2.45) is 0 Å². The molecule has 0 bridgehead atoms. The molecule has 5 heteroatoms. The minimum Gasteiger partial charge on any atom is -0.478 e. The molecule has 4 nitrogen and oxygen atoms in total. The van der Waals surface area contributed by atoms with Gasteiger partial charge in [-0.15, -0.1) is 0 Å². The maximum Gasteiger partial charge on any atom is 0.335 e. The summed E-state index contributed by atoms with van der Waals surface area (Å²) in [6.07, 6.45) is 3.39. The average Bonchev–Trinajstić information content (AvgIpc) is 2.96. The molecule has 2 aliphatic rings. The molecule has 0 radical (unpaired) electrons. The highest BCUT2D eigenvalue weighted by Gasteiger charge is 2.37. The molecule has 0 saturated carbocycles. The maximum absolute atomic E-state index is 13.9. The fourth-order valence-electron chi connectivity index (χ4n) is 3.22. The Morgan fingerprint density at radius 1 is 1.37 bits per heavy atom. The van der Waals surface area contributed by atoms with E-state index in [1.54, 1.807) is 0 Å². The summed E-state index contributed by atoms with van der Waals surface area (Å²) in [5, 5.41) is 12.1. The van der Waals surface area contributed by atoms with Crippen LogP contribution >= 0.6 is 0 Å². The van der Waals surface area contributed by atoms with Crippen LogP contribution in [0.4, 0.5) is 10.1 Å². The van der Waals surface area contributed by atoms with E-state index in [4.69, 9.17) is 5.11 Å². The molecule has 2 fully saturated rings. The van der Waals surface area contributed by atoms with E-state index in [0.717, 1.165) is 32.0 Å². The molecule has 1 aromatic rings. The van der Waals surface area contributed by atoms with Gasteiger partial charge in [-0.2, -0.15) is 0 Å². The van der Waals surface area contributed by atoms with Crippen molar-refractivity contribution in [1.29, 1.82) is 0 Å². The Morgan fingerprint density at radius 3 is 2.95 bits per heavy atom. The summed E-state index contributed by atoms with van der Waals surface area (Å²) in [4.78, 5) is 13.2. The highest BCUT2D eigenvalue weighted by atomic mass is 19.1. The smallest absolute Gasteiger partial charge is 0.335 e. The number of hydrogen-bond donors (Lipinski definition) is 2. The zero-order valence-corrected chi connectivity index (χ0v) is 10.6. The number of nitrogens with one attached hydrogen (secondary N) is 1. The molecule has 1 aromatic carbocycles. The van der Waals surface area contributed by atoms with Crippen molar-refractivity contribution in [3.8, 4) is 0 Å². The van der Waals surface area contributed by atoms with Crippen LogP contribution < -0.4 is 5.32 Å². The topological polar surface area (TPSA) is 52.6 Å². The number of carboxylic acid groups (broad SMARTS) is 1. The van der Waals surface area contributed by atoms with Crippen LogP contribution in [0.25, 0.3) is 0 Å². The molecule has 2 N–H and O–H groups in total. The first kappa shape index (κ1) is 12.4. The quantitative estimate of drug-likeness (QED) is 0.878. The predicted octanol–water partition coefficient (Wildman–Crippen LogP) is 2.17. The van der Waals surface area contributed by atoms with E-state index in [2.05, 4.69) is 10.2 Å². The largest absolute Gasteiger partial charge is 0.478 e. The lowest BCUT2D eigenvalue weighted by Crippen LogP contribution is -2.34. The Morgan fingerprint density at radius 2 is 2.21 bits per heavy atom. The number of aromatic carboxylic acids is 1. The molecular formula is C14H17FN2O2. The van der Waals surface area contributed by atoms with Gasteiger partial charge in [0.15, 0.2) is 0 Å². The van der Waals surface area contributed by atoms with Crippen LogP contribution in [0.1, 0.15) is 29.6 Å². The van der Waals surface area contributed by atoms with Crippen molar-refractivity contribution in [1.82, 2.24) is 4.90 Å². The number of halogens is 1. The third-order valence-electron chi connectivity index (χ3n) is 4.16. The van der Waals surface area contributed by atoms with Crippen molar-refractivity contribution >= 4 is 11.7 Å². The third-order valence-corrected chi connectivity index (χ3v) is 4.16. The Bertz CT molecular complexity index is 506. The highest BCUT2D eigenvalue weighted by Crippen LogP contribution is 2.30. The lowest BCUT2D eigenvalue weighted by atomic mass is 10.1. The fraction of sp³-hybridized carbons (Fsp3) is 0.500. The number of anilines is 1. The first-order chi connectivity index (χ1) is 9.15. The SMILES string of the molecule is O=C(O)c1ccc(NC2CCN3CCCC23)c(F)c1. The highest BCUT2D eigenvalue weighted by molar-refractivity contribution is 5.88. The van der Waals surface area contributed by atoms with Crippen LogP contribution in [0.5, 0.6) is 0 Å². The Balaban J connectivity index is 1.75. The second-order valence-electron chi connectivity index (χ2n) is 5.28. The Labute approximate surface area is 111 Å². The molecule has 0 aliphatic carbocycles. The van der Waals surface area contributed by atoms with Gasteiger partial charge in [-0.25, -0.2) is 9.18 Å². The zero-order valence-electron chi connectivity index (χ0n) is 10.6. The molecule has 2 unspecified atom stereocenters. The standard InChI is InChI=1S/C14H17FN2O2/c15-10-8-9(14(18)19)3-4-11(10)16-12-5-7-17-6-1-2-13(12)17/h3-4,8,12-13,16H,1-2,5-7H2,(H,18,19). The van der Waals surface area contributed by atoms with Crippen molar-refractivity contribution in [2.45, 2.75) is 31.3 Å². The van der Waals surface area contributed by atoms with E-state index < -0.39 is 11.8 Å². The summed E-state index contributed by atoms with van der Waals surface area (Å²) in [6, 6.07) is 4.81. The van der Waals surface area contributed by atoms with E-state index in [9.17, 15) is 9.18 Å². The van der Waals surface area contributed by atoms with Crippen molar-refractivity contribution in [3.05, 3.63) is 29.6 Å². The first-order valence-electron chi connectivity index (χ1n) is 6.68. The molecule has 0 aromatic heterocycles. The van der Waals surface area contributed by atoms with Crippen LogP contribution in [0.15, 0.2) is 18.2 Å². The molecule has 3 rings (SSSR count). The van der Waals surface area contributed by atoms with Crippen molar-refractivity contribution in [3.63, 3.8) is 0 Å². The van der Waals surface area contributed by atoms with Crippen LogP contribution in [0, 0.1) is 5.82 Å². The summed E-state index contributed by atoms with van der Waals surface area (Å²) in [6.45, 7) is 2.21. The molecule has 2 atom stereocenters. The number of carbonyl (C=O) groups is 1. The predicted molar refractivity (Wildman–Crippen MR) is 70.0 cm³/mol.